The van der Waals surface area contributed by atoms with Crippen LogP contribution in [0.15, 0.2) is 24.3 Å². The smallest absolute Gasteiger partial charge is 0.308 e. The van der Waals surface area contributed by atoms with Gasteiger partial charge in [0, 0.05) is 19.8 Å². The van der Waals surface area contributed by atoms with E-state index in [9.17, 15) is 22.7 Å². The molecule has 1 atom stereocenters. The second-order valence-corrected chi connectivity index (χ2v) is 7.86. The first kappa shape index (κ1) is 18.8. The highest BCUT2D eigenvalue weighted by Gasteiger charge is 2.30. The molecule has 134 valence electrons. The molecule has 2 N–H and O–H groups in total. The number of sulfonamides is 1. The second kappa shape index (κ2) is 8.55. The van der Waals surface area contributed by atoms with Crippen molar-refractivity contribution < 1.29 is 27.4 Å². The summed E-state index contributed by atoms with van der Waals surface area (Å²) < 4.78 is 44.6. The van der Waals surface area contributed by atoms with Gasteiger partial charge in [0.2, 0.25) is 10.0 Å². The Bertz CT molecular complexity index is 641. The third-order valence-electron chi connectivity index (χ3n) is 4.25. The minimum atomic E-state index is -3.60. The first-order chi connectivity index (χ1) is 11.4. The molecular weight excluding hydrogens is 337 g/mol. The van der Waals surface area contributed by atoms with Gasteiger partial charge in [-0.15, -0.1) is 0 Å². The van der Waals surface area contributed by atoms with Gasteiger partial charge in [-0.2, -0.15) is 0 Å². The van der Waals surface area contributed by atoms with Crippen LogP contribution in [0.4, 0.5) is 4.39 Å². The van der Waals surface area contributed by atoms with Crippen molar-refractivity contribution in [3.63, 3.8) is 0 Å². The van der Waals surface area contributed by atoms with Crippen molar-refractivity contribution in [2.75, 3.05) is 25.5 Å². The Kier molecular flexibility index (Phi) is 6.70. The molecule has 1 fully saturated rings. The van der Waals surface area contributed by atoms with Gasteiger partial charge in [0.1, 0.15) is 5.82 Å². The Hall–Kier alpha value is -1.51. The van der Waals surface area contributed by atoms with E-state index in [0.29, 0.717) is 31.6 Å². The van der Waals surface area contributed by atoms with E-state index in [1.54, 1.807) is 0 Å². The normalized spacial score (nSPS) is 17.5. The molecule has 1 unspecified atom stereocenters. The Morgan fingerprint density at radius 2 is 1.92 bits per heavy atom. The summed E-state index contributed by atoms with van der Waals surface area (Å²) >= 11 is 0. The Morgan fingerprint density at radius 3 is 2.50 bits per heavy atom. The first-order valence-corrected chi connectivity index (χ1v) is 9.55. The van der Waals surface area contributed by atoms with Gasteiger partial charge in [-0.1, -0.05) is 12.1 Å². The lowest BCUT2D eigenvalue weighted by molar-refractivity contribution is -0.144. The second-order valence-electron chi connectivity index (χ2n) is 5.94. The predicted molar refractivity (Wildman–Crippen MR) is 86.6 cm³/mol. The maximum Gasteiger partial charge on any atom is 0.308 e. The Labute approximate surface area is 141 Å². The maximum absolute atomic E-state index is 12.8. The summed E-state index contributed by atoms with van der Waals surface area (Å²) in [6.45, 7) is 0.892. The number of carbonyl (C=O) groups is 1. The largest absolute Gasteiger partial charge is 0.481 e. The zero-order chi connectivity index (χ0) is 17.6. The highest BCUT2D eigenvalue weighted by molar-refractivity contribution is 7.89. The van der Waals surface area contributed by atoms with Crippen molar-refractivity contribution in [1.82, 2.24) is 4.72 Å². The number of carboxylic acid groups (broad SMARTS) is 1. The minimum absolute atomic E-state index is 0.0870. The zero-order valence-corrected chi connectivity index (χ0v) is 14.1. The van der Waals surface area contributed by atoms with Crippen LogP contribution in [-0.2, 0) is 26.0 Å². The number of nitrogens with one attached hydrogen (secondary N) is 1. The number of hydrogen-bond acceptors (Lipinski definition) is 4. The topological polar surface area (TPSA) is 92.7 Å². The lowest BCUT2D eigenvalue weighted by Crippen LogP contribution is -2.39. The molecule has 0 radical (unpaired) electrons. The van der Waals surface area contributed by atoms with Crippen molar-refractivity contribution in [1.29, 1.82) is 0 Å². The number of benzene rings is 1. The molecule has 0 aliphatic carbocycles. The van der Waals surface area contributed by atoms with Crippen LogP contribution in [0.1, 0.15) is 18.4 Å². The molecule has 0 saturated carbocycles. The average Bonchev–Trinajstić information content (AvgIpc) is 2.55. The highest BCUT2D eigenvalue weighted by Crippen LogP contribution is 2.24. The third kappa shape index (κ3) is 5.85. The molecule has 0 amide bonds. The van der Waals surface area contributed by atoms with Crippen molar-refractivity contribution in [3.8, 4) is 0 Å². The van der Waals surface area contributed by atoms with Gasteiger partial charge in [-0.25, -0.2) is 17.5 Å². The monoisotopic (exact) mass is 359 g/mol. The molecule has 6 nitrogen and oxygen atoms in total. The third-order valence-corrected chi connectivity index (χ3v) is 5.60. The Balaban J connectivity index is 1.87. The summed E-state index contributed by atoms with van der Waals surface area (Å²) in [5.74, 6) is -2.38. The molecule has 0 spiro atoms. The van der Waals surface area contributed by atoms with E-state index in [4.69, 9.17) is 4.74 Å². The minimum Gasteiger partial charge on any atom is -0.481 e. The number of hydrogen-bond donors (Lipinski definition) is 2. The Morgan fingerprint density at radius 1 is 1.29 bits per heavy atom. The van der Waals surface area contributed by atoms with Crippen LogP contribution in [0.2, 0.25) is 0 Å². The first-order valence-electron chi connectivity index (χ1n) is 7.90. The summed E-state index contributed by atoms with van der Waals surface area (Å²) in [7, 11) is -3.60. The van der Waals surface area contributed by atoms with Gasteiger partial charge in [0.15, 0.2) is 0 Å². The van der Waals surface area contributed by atoms with Crippen molar-refractivity contribution in [2.24, 2.45) is 11.8 Å². The summed E-state index contributed by atoms with van der Waals surface area (Å²) in [5, 5.41) is 9.35. The molecule has 0 aromatic heterocycles. The quantitative estimate of drug-likeness (QED) is 0.732. The van der Waals surface area contributed by atoms with Crippen LogP contribution in [0.25, 0.3) is 0 Å². The van der Waals surface area contributed by atoms with Crippen LogP contribution in [-0.4, -0.2) is 45.0 Å². The van der Waals surface area contributed by atoms with Crippen molar-refractivity contribution in [3.05, 3.63) is 35.6 Å². The van der Waals surface area contributed by atoms with E-state index in [1.807, 2.05) is 0 Å². The van der Waals surface area contributed by atoms with Gasteiger partial charge in [0.25, 0.3) is 0 Å². The van der Waals surface area contributed by atoms with Crippen LogP contribution in [0.5, 0.6) is 0 Å². The lowest BCUT2D eigenvalue weighted by atomic mass is 9.86. The molecular formula is C16H22FNO5S. The highest BCUT2D eigenvalue weighted by atomic mass is 32.2. The van der Waals surface area contributed by atoms with Gasteiger partial charge >= 0.3 is 5.97 Å². The fourth-order valence-electron chi connectivity index (χ4n) is 2.77. The molecule has 0 bridgehead atoms. The fraction of sp³-hybridized carbons (Fsp3) is 0.562. The van der Waals surface area contributed by atoms with Crippen molar-refractivity contribution >= 4 is 16.0 Å². The van der Waals surface area contributed by atoms with E-state index < -0.39 is 21.9 Å². The molecule has 1 saturated heterocycles. The van der Waals surface area contributed by atoms with E-state index in [1.165, 1.54) is 24.3 Å². The van der Waals surface area contributed by atoms with E-state index in [0.717, 1.165) is 0 Å². The molecule has 1 aliphatic rings. The van der Waals surface area contributed by atoms with E-state index in [-0.39, 0.29) is 30.5 Å². The molecule has 8 heteroatoms. The number of carboxylic acids is 1. The lowest BCUT2D eigenvalue weighted by Gasteiger charge is -2.27. The van der Waals surface area contributed by atoms with Crippen LogP contribution in [0, 0.1) is 17.7 Å². The molecule has 1 heterocycles. The SMILES string of the molecule is O=C(O)C(CNS(=O)(=O)CCc1ccc(F)cc1)C1CCOCC1. The zero-order valence-electron chi connectivity index (χ0n) is 13.3. The van der Waals surface area contributed by atoms with Gasteiger partial charge < -0.3 is 9.84 Å². The summed E-state index contributed by atoms with van der Waals surface area (Å²) in [4.78, 5) is 11.4. The van der Waals surface area contributed by atoms with Gasteiger partial charge in [-0.3, -0.25) is 4.79 Å². The number of halogens is 1. The number of aliphatic carboxylic acids is 1. The molecule has 2 rings (SSSR count). The molecule has 1 aromatic rings. The molecule has 1 aromatic carbocycles. The van der Waals surface area contributed by atoms with E-state index in [2.05, 4.69) is 4.72 Å². The maximum atomic E-state index is 12.8. The van der Waals surface area contributed by atoms with E-state index >= 15 is 0 Å². The van der Waals surface area contributed by atoms with Crippen molar-refractivity contribution in [2.45, 2.75) is 19.3 Å². The molecule has 1 aliphatic heterocycles. The number of aryl methyl sites for hydroxylation is 1. The number of rotatable bonds is 8. The van der Waals surface area contributed by atoms with Crippen LogP contribution in [0.3, 0.4) is 0 Å². The summed E-state index contributed by atoms with van der Waals surface area (Å²) in [6, 6.07) is 5.63. The van der Waals surface area contributed by atoms with Gasteiger partial charge in [-0.05, 0) is 42.9 Å². The van der Waals surface area contributed by atoms with Crippen LogP contribution >= 0.6 is 0 Å². The van der Waals surface area contributed by atoms with Crippen LogP contribution < -0.4 is 4.72 Å². The summed E-state index contributed by atoms with van der Waals surface area (Å²) in [5.41, 5.74) is 0.709. The van der Waals surface area contributed by atoms with Gasteiger partial charge in [0.05, 0.1) is 11.7 Å². The summed E-state index contributed by atoms with van der Waals surface area (Å²) in [6.07, 6.45) is 1.48. The molecule has 24 heavy (non-hydrogen) atoms. The number of ether oxygens (including phenoxy) is 1. The predicted octanol–water partition coefficient (Wildman–Crippen LogP) is 1.42. The average molecular weight is 359 g/mol. The standard InChI is InChI=1S/C16H22FNO5S/c17-14-3-1-12(2-4-14)7-10-24(21,22)18-11-15(16(19)20)13-5-8-23-9-6-13/h1-4,13,15,18H,5-11H2,(H,19,20). The fourth-order valence-corrected chi connectivity index (χ4v) is 3.85.